The zero-order valence-corrected chi connectivity index (χ0v) is 10.2. The van der Waals surface area contributed by atoms with Gasteiger partial charge < -0.3 is 9.30 Å². The van der Waals surface area contributed by atoms with Gasteiger partial charge in [-0.25, -0.2) is 0 Å². The van der Waals surface area contributed by atoms with Gasteiger partial charge in [-0.2, -0.15) is 0 Å². The van der Waals surface area contributed by atoms with Gasteiger partial charge in [-0.05, 0) is 18.2 Å². The molecule has 0 saturated carbocycles. The van der Waals surface area contributed by atoms with Gasteiger partial charge in [-0.15, -0.1) is 0 Å². The number of ether oxygens (including phenoxy) is 1. The Bertz CT molecular complexity index is 659. The lowest BCUT2D eigenvalue weighted by atomic mass is 10.2. The monoisotopic (exact) mass is 238 g/mol. The topological polar surface area (TPSA) is 27.1 Å². The van der Waals surface area contributed by atoms with Crippen molar-refractivity contribution in [3.8, 4) is 5.75 Å². The van der Waals surface area contributed by atoms with Gasteiger partial charge in [0.15, 0.2) is 0 Å². The summed E-state index contributed by atoms with van der Waals surface area (Å²) in [6, 6.07) is 12.1. The second kappa shape index (κ2) is 4.53. The van der Waals surface area contributed by atoms with Crippen LogP contribution in [0.5, 0.6) is 5.75 Å². The van der Waals surface area contributed by atoms with Gasteiger partial charge in [0.2, 0.25) is 0 Å². The molecule has 3 rings (SSSR count). The lowest BCUT2D eigenvalue weighted by molar-refractivity contribution is 0.306. The normalized spacial score (nSPS) is 10.7. The van der Waals surface area contributed by atoms with Gasteiger partial charge in [0.1, 0.15) is 12.4 Å². The predicted molar refractivity (Wildman–Crippen MR) is 71.5 cm³/mol. The predicted octanol–water partition coefficient (Wildman–Crippen LogP) is 3.15. The number of benzene rings is 1. The summed E-state index contributed by atoms with van der Waals surface area (Å²) in [5, 5.41) is 1.24. The highest BCUT2D eigenvalue weighted by Crippen LogP contribution is 2.21. The fraction of sp³-hybridized carbons (Fsp3) is 0.133. The van der Waals surface area contributed by atoms with Crippen molar-refractivity contribution in [2.75, 3.05) is 0 Å². The second-order valence-electron chi connectivity index (χ2n) is 4.26. The molecule has 0 spiro atoms. The fourth-order valence-corrected chi connectivity index (χ4v) is 2.13. The van der Waals surface area contributed by atoms with Crippen molar-refractivity contribution in [1.29, 1.82) is 0 Å². The van der Waals surface area contributed by atoms with Crippen LogP contribution in [0.2, 0.25) is 0 Å². The molecule has 0 bridgehead atoms. The van der Waals surface area contributed by atoms with E-state index >= 15 is 0 Å². The Morgan fingerprint density at radius 3 is 2.89 bits per heavy atom. The van der Waals surface area contributed by atoms with E-state index in [1.807, 2.05) is 18.2 Å². The Hall–Kier alpha value is -2.29. The zero-order valence-electron chi connectivity index (χ0n) is 10.2. The molecule has 18 heavy (non-hydrogen) atoms. The van der Waals surface area contributed by atoms with E-state index in [2.05, 4.69) is 41.0 Å². The number of nitrogens with zero attached hydrogens (tertiary/aromatic N) is 2. The Kier molecular flexibility index (Phi) is 2.73. The van der Waals surface area contributed by atoms with Crippen molar-refractivity contribution in [3.63, 3.8) is 0 Å². The maximum Gasteiger partial charge on any atom is 0.138 e. The molecule has 0 radical (unpaired) electrons. The summed E-state index contributed by atoms with van der Waals surface area (Å²) in [4.78, 5) is 4.03. The van der Waals surface area contributed by atoms with Crippen molar-refractivity contribution < 1.29 is 4.74 Å². The molecule has 0 aliphatic heterocycles. The average molecular weight is 238 g/mol. The Morgan fingerprint density at radius 1 is 1.17 bits per heavy atom. The molecular weight excluding hydrogens is 224 g/mol. The molecule has 0 atom stereocenters. The molecule has 0 fully saturated rings. The Morgan fingerprint density at radius 2 is 2.06 bits per heavy atom. The summed E-state index contributed by atoms with van der Waals surface area (Å²) in [7, 11) is 2.05. The molecule has 0 amide bonds. The first-order valence-electron chi connectivity index (χ1n) is 5.90. The van der Waals surface area contributed by atoms with E-state index in [9.17, 15) is 0 Å². The minimum atomic E-state index is 0.563. The van der Waals surface area contributed by atoms with Crippen LogP contribution in [0.25, 0.3) is 10.9 Å². The highest BCUT2D eigenvalue weighted by atomic mass is 16.5. The third-order valence-electron chi connectivity index (χ3n) is 3.01. The van der Waals surface area contributed by atoms with Crippen LogP contribution >= 0.6 is 0 Å². The Balaban J connectivity index is 1.87. The number of aryl methyl sites for hydroxylation is 1. The maximum absolute atomic E-state index is 5.74. The summed E-state index contributed by atoms with van der Waals surface area (Å²) < 4.78 is 7.86. The van der Waals surface area contributed by atoms with Crippen molar-refractivity contribution in [2.45, 2.75) is 6.61 Å². The summed E-state index contributed by atoms with van der Waals surface area (Å²) in [6.45, 7) is 0.563. The molecule has 0 aliphatic rings. The summed E-state index contributed by atoms with van der Waals surface area (Å²) in [5.74, 6) is 0.797. The largest absolute Gasteiger partial charge is 0.487 e. The molecular formula is C15H14N2O. The van der Waals surface area contributed by atoms with Crippen LogP contribution in [-0.2, 0) is 13.7 Å². The van der Waals surface area contributed by atoms with Crippen LogP contribution in [0.1, 0.15) is 5.56 Å². The number of pyridine rings is 1. The second-order valence-corrected chi connectivity index (χ2v) is 4.26. The molecule has 3 heteroatoms. The van der Waals surface area contributed by atoms with Gasteiger partial charge in [-0.3, -0.25) is 4.98 Å². The van der Waals surface area contributed by atoms with Gasteiger partial charge >= 0.3 is 0 Å². The van der Waals surface area contributed by atoms with E-state index < -0.39 is 0 Å². The maximum atomic E-state index is 5.74. The zero-order chi connectivity index (χ0) is 12.4. The number of hydrogen-bond donors (Lipinski definition) is 0. The lowest BCUT2D eigenvalue weighted by Gasteiger charge is -2.04. The van der Waals surface area contributed by atoms with Crippen LogP contribution < -0.4 is 4.74 Å². The number of rotatable bonds is 3. The molecule has 3 nitrogen and oxygen atoms in total. The molecule has 2 aromatic heterocycles. The molecule has 90 valence electrons. The SMILES string of the molecule is Cn1cc(COc2cccnc2)c2ccccc21. The molecule has 1 aromatic carbocycles. The number of fused-ring (bicyclic) bond motifs is 1. The first-order chi connectivity index (χ1) is 8.84. The van der Waals surface area contributed by atoms with Gasteiger partial charge in [0.05, 0.1) is 6.20 Å². The van der Waals surface area contributed by atoms with E-state index in [4.69, 9.17) is 4.74 Å². The van der Waals surface area contributed by atoms with Crippen LogP contribution in [0.4, 0.5) is 0 Å². The smallest absolute Gasteiger partial charge is 0.138 e. The van der Waals surface area contributed by atoms with Crippen LogP contribution in [0.3, 0.4) is 0 Å². The quantitative estimate of drug-likeness (QED) is 0.701. The fourth-order valence-electron chi connectivity index (χ4n) is 2.13. The van der Waals surface area contributed by atoms with Crippen molar-refractivity contribution in [2.24, 2.45) is 7.05 Å². The minimum Gasteiger partial charge on any atom is -0.487 e. The van der Waals surface area contributed by atoms with E-state index in [1.54, 1.807) is 12.4 Å². The molecule has 0 aliphatic carbocycles. The first kappa shape index (κ1) is 10.8. The molecule has 0 N–H and O–H groups in total. The van der Waals surface area contributed by atoms with Crippen molar-refractivity contribution in [3.05, 3.63) is 60.6 Å². The highest BCUT2D eigenvalue weighted by molar-refractivity contribution is 5.83. The van der Waals surface area contributed by atoms with Crippen LogP contribution in [-0.4, -0.2) is 9.55 Å². The number of aromatic nitrogens is 2. The van der Waals surface area contributed by atoms with Gasteiger partial charge in [0, 0.05) is 35.9 Å². The third kappa shape index (κ3) is 1.95. The third-order valence-corrected chi connectivity index (χ3v) is 3.01. The molecule has 0 unspecified atom stereocenters. The van der Waals surface area contributed by atoms with Crippen LogP contribution in [0, 0.1) is 0 Å². The molecule has 3 aromatic rings. The first-order valence-corrected chi connectivity index (χ1v) is 5.90. The van der Waals surface area contributed by atoms with Gasteiger partial charge in [0.25, 0.3) is 0 Å². The summed E-state index contributed by atoms with van der Waals surface area (Å²) in [5.41, 5.74) is 2.42. The van der Waals surface area contributed by atoms with Crippen LogP contribution in [0.15, 0.2) is 55.0 Å². The highest BCUT2D eigenvalue weighted by Gasteiger charge is 2.06. The van der Waals surface area contributed by atoms with Crippen molar-refractivity contribution >= 4 is 10.9 Å². The van der Waals surface area contributed by atoms with E-state index in [1.165, 1.54) is 16.5 Å². The summed E-state index contributed by atoms with van der Waals surface area (Å²) in [6.07, 6.45) is 5.58. The van der Waals surface area contributed by atoms with E-state index in [0.717, 1.165) is 5.75 Å². The molecule has 0 saturated heterocycles. The number of hydrogen-bond acceptors (Lipinski definition) is 2. The summed E-state index contributed by atoms with van der Waals surface area (Å²) >= 11 is 0. The average Bonchev–Trinajstić information content (AvgIpc) is 2.75. The molecule has 2 heterocycles. The number of para-hydroxylation sites is 1. The van der Waals surface area contributed by atoms with E-state index in [-0.39, 0.29) is 0 Å². The lowest BCUT2D eigenvalue weighted by Crippen LogP contribution is -1.94. The Labute approximate surface area is 106 Å². The van der Waals surface area contributed by atoms with E-state index in [0.29, 0.717) is 6.61 Å². The minimum absolute atomic E-state index is 0.563. The van der Waals surface area contributed by atoms with Crippen molar-refractivity contribution in [1.82, 2.24) is 9.55 Å². The standard InChI is InChI=1S/C15H14N2O/c1-17-10-12(14-6-2-3-7-15(14)17)11-18-13-5-4-8-16-9-13/h2-10H,11H2,1H3. The van der Waals surface area contributed by atoms with Gasteiger partial charge in [-0.1, -0.05) is 18.2 Å².